The van der Waals surface area contributed by atoms with Crippen molar-refractivity contribution in [1.29, 1.82) is 0 Å². The first-order chi connectivity index (χ1) is 10.4. The van der Waals surface area contributed by atoms with Gasteiger partial charge in [-0.15, -0.1) is 0 Å². The van der Waals surface area contributed by atoms with Crippen LogP contribution in [-0.2, 0) is 0 Å². The molecule has 1 heterocycles. The lowest BCUT2D eigenvalue weighted by Gasteiger charge is -2.23. The number of aliphatic hydroxyl groups is 1. The SMILES string of the molecule is OCCCCCNC(c1ccc2c(c1)OCCO2)C1CC1. The minimum Gasteiger partial charge on any atom is -0.486 e. The number of unbranched alkanes of at least 4 members (excludes halogenated alkanes) is 2. The molecule has 21 heavy (non-hydrogen) atoms. The van der Waals surface area contributed by atoms with Crippen molar-refractivity contribution in [2.75, 3.05) is 26.4 Å². The van der Waals surface area contributed by atoms with Crippen LogP contribution in [0.2, 0.25) is 0 Å². The van der Waals surface area contributed by atoms with E-state index in [1.807, 2.05) is 6.07 Å². The van der Waals surface area contributed by atoms with Crippen molar-refractivity contribution >= 4 is 0 Å². The van der Waals surface area contributed by atoms with Crippen LogP contribution in [0.15, 0.2) is 18.2 Å². The Kier molecular flexibility index (Phi) is 4.99. The summed E-state index contributed by atoms with van der Waals surface area (Å²) in [4.78, 5) is 0. The molecule has 0 radical (unpaired) electrons. The molecule has 1 saturated carbocycles. The maximum Gasteiger partial charge on any atom is 0.161 e. The Hall–Kier alpha value is -1.26. The van der Waals surface area contributed by atoms with Crippen molar-refractivity contribution in [3.05, 3.63) is 23.8 Å². The largest absolute Gasteiger partial charge is 0.486 e. The van der Waals surface area contributed by atoms with Gasteiger partial charge >= 0.3 is 0 Å². The molecular formula is C17H25NO3. The molecule has 0 aromatic heterocycles. The summed E-state index contributed by atoms with van der Waals surface area (Å²) >= 11 is 0. The number of rotatable bonds is 8. The Labute approximate surface area is 126 Å². The van der Waals surface area contributed by atoms with E-state index in [0.717, 1.165) is 43.2 Å². The Bertz CT molecular complexity index is 459. The van der Waals surface area contributed by atoms with Gasteiger partial charge in [0.1, 0.15) is 13.2 Å². The van der Waals surface area contributed by atoms with E-state index in [9.17, 15) is 0 Å². The van der Waals surface area contributed by atoms with Gasteiger partial charge in [0.05, 0.1) is 0 Å². The number of aliphatic hydroxyl groups excluding tert-OH is 1. The molecule has 2 aliphatic rings. The third-order valence-electron chi connectivity index (χ3n) is 4.22. The van der Waals surface area contributed by atoms with Crippen LogP contribution < -0.4 is 14.8 Å². The predicted octanol–water partition coefficient (Wildman–Crippen LogP) is 2.66. The Morgan fingerprint density at radius 1 is 1.10 bits per heavy atom. The first kappa shape index (κ1) is 14.7. The predicted molar refractivity (Wildman–Crippen MR) is 81.8 cm³/mol. The monoisotopic (exact) mass is 291 g/mol. The zero-order valence-corrected chi connectivity index (χ0v) is 12.5. The van der Waals surface area contributed by atoms with Gasteiger partial charge < -0.3 is 19.9 Å². The fraction of sp³-hybridized carbons (Fsp3) is 0.647. The minimum absolute atomic E-state index is 0.300. The molecule has 1 atom stereocenters. The second-order valence-corrected chi connectivity index (χ2v) is 5.96. The fourth-order valence-corrected chi connectivity index (χ4v) is 2.91. The van der Waals surface area contributed by atoms with Crippen molar-refractivity contribution in [1.82, 2.24) is 5.32 Å². The maximum absolute atomic E-state index is 8.82. The molecule has 1 aromatic carbocycles. The van der Waals surface area contributed by atoms with Gasteiger partial charge in [-0.1, -0.05) is 6.07 Å². The highest BCUT2D eigenvalue weighted by Gasteiger charge is 2.32. The summed E-state index contributed by atoms with van der Waals surface area (Å²) in [5.41, 5.74) is 1.31. The summed E-state index contributed by atoms with van der Waals surface area (Å²) in [5, 5.41) is 12.5. The molecule has 0 bridgehead atoms. The number of nitrogens with one attached hydrogen (secondary N) is 1. The quantitative estimate of drug-likeness (QED) is 0.723. The summed E-state index contributed by atoms with van der Waals surface area (Å²) in [7, 11) is 0. The van der Waals surface area contributed by atoms with Crippen molar-refractivity contribution in [3.8, 4) is 11.5 Å². The van der Waals surface area contributed by atoms with Crippen LogP contribution in [0.5, 0.6) is 11.5 Å². The highest BCUT2D eigenvalue weighted by Crippen LogP contribution is 2.43. The third kappa shape index (κ3) is 3.89. The van der Waals surface area contributed by atoms with Crippen LogP contribution in [-0.4, -0.2) is 31.5 Å². The summed E-state index contributed by atoms with van der Waals surface area (Å²) in [6.45, 7) is 2.59. The van der Waals surface area contributed by atoms with Crippen LogP contribution in [0.1, 0.15) is 43.7 Å². The minimum atomic E-state index is 0.300. The topological polar surface area (TPSA) is 50.7 Å². The van der Waals surface area contributed by atoms with Gasteiger partial charge in [0.2, 0.25) is 0 Å². The summed E-state index contributed by atoms with van der Waals surface area (Å²) < 4.78 is 11.3. The number of ether oxygens (including phenoxy) is 2. The van der Waals surface area contributed by atoms with E-state index in [1.54, 1.807) is 0 Å². The Morgan fingerprint density at radius 3 is 2.67 bits per heavy atom. The van der Waals surface area contributed by atoms with E-state index in [-0.39, 0.29) is 0 Å². The normalized spacial score (nSPS) is 18.5. The molecule has 4 heteroatoms. The lowest BCUT2D eigenvalue weighted by molar-refractivity contribution is 0.171. The van der Waals surface area contributed by atoms with E-state index in [1.165, 1.54) is 18.4 Å². The van der Waals surface area contributed by atoms with E-state index in [4.69, 9.17) is 14.6 Å². The van der Waals surface area contributed by atoms with E-state index >= 15 is 0 Å². The fourth-order valence-electron chi connectivity index (χ4n) is 2.91. The van der Waals surface area contributed by atoms with Crippen molar-refractivity contribution in [3.63, 3.8) is 0 Å². The molecule has 2 N–H and O–H groups in total. The molecule has 1 fully saturated rings. The van der Waals surface area contributed by atoms with Crippen LogP contribution in [0.3, 0.4) is 0 Å². The molecule has 116 valence electrons. The van der Waals surface area contributed by atoms with Crippen molar-refractivity contribution < 1.29 is 14.6 Å². The van der Waals surface area contributed by atoms with E-state index < -0.39 is 0 Å². The summed E-state index contributed by atoms with van der Waals surface area (Å²) in [5.74, 6) is 2.50. The summed E-state index contributed by atoms with van der Waals surface area (Å²) in [6.07, 6.45) is 5.72. The third-order valence-corrected chi connectivity index (χ3v) is 4.22. The van der Waals surface area contributed by atoms with Gasteiger partial charge in [-0.25, -0.2) is 0 Å². The van der Waals surface area contributed by atoms with Gasteiger partial charge in [-0.3, -0.25) is 0 Å². The number of fused-ring (bicyclic) bond motifs is 1. The van der Waals surface area contributed by atoms with E-state index in [0.29, 0.717) is 25.9 Å². The first-order valence-electron chi connectivity index (χ1n) is 8.12. The molecule has 0 saturated heterocycles. The van der Waals surface area contributed by atoms with Crippen molar-refractivity contribution in [2.45, 2.75) is 38.1 Å². The zero-order chi connectivity index (χ0) is 14.5. The maximum atomic E-state index is 8.82. The summed E-state index contributed by atoms with van der Waals surface area (Å²) in [6, 6.07) is 6.76. The lowest BCUT2D eigenvalue weighted by Crippen LogP contribution is -2.24. The van der Waals surface area contributed by atoms with Gasteiger partial charge in [0.15, 0.2) is 11.5 Å². The van der Waals surface area contributed by atoms with Crippen molar-refractivity contribution in [2.24, 2.45) is 5.92 Å². The van der Waals surface area contributed by atoms with Gasteiger partial charge in [0, 0.05) is 12.6 Å². The molecule has 0 amide bonds. The molecule has 4 nitrogen and oxygen atoms in total. The van der Waals surface area contributed by atoms with Gasteiger partial charge in [-0.05, 0) is 62.3 Å². The smallest absolute Gasteiger partial charge is 0.161 e. The molecule has 1 aliphatic carbocycles. The molecular weight excluding hydrogens is 266 g/mol. The van der Waals surface area contributed by atoms with Crippen LogP contribution in [0.4, 0.5) is 0 Å². The van der Waals surface area contributed by atoms with E-state index in [2.05, 4.69) is 17.4 Å². The van der Waals surface area contributed by atoms with Gasteiger partial charge in [0.25, 0.3) is 0 Å². The molecule has 1 aliphatic heterocycles. The highest BCUT2D eigenvalue weighted by atomic mass is 16.6. The zero-order valence-electron chi connectivity index (χ0n) is 12.5. The Morgan fingerprint density at radius 2 is 1.90 bits per heavy atom. The lowest BCUT2D eigenvalue weighted by atomic mass is 10.0. The standard InChI is InChI=1S/C17H25NO3/c19-9-3-1-2-8-18-17(13-4-5-13)14-6-7-15-16(12-14)21-11-10-20-15/h6-7,12-13,17-19H,1-5,8-11H2. The number of hydrogen-bond acceptors (Lipinski definition) is 4. The molecule has 1 unspecified atom stereocenters. The molecule has 0 spiro atoms. The number of hydrogen-bond donors (Lipinski definition) is 2. The molecule has 1 aromatic rings. The van der Waals surface area contributed by atoms with Crippen LogP contribution in [0.25, 0.3) is 0 Å². The second-order valence-electron chi connectivity index (χ2n) is 5.96. The van der Waals surface area contributed by atoms with Crippen LogP contribution in [0, 0.1) is 5.92 Å². The second kappa shape index (κ2) is 7.14. The highest BCUT2D eigenvalue weighted by molar-refractivity contribution is 5.45. The molecule has 3 rings (SSSR count). The average Bonchev–Trinajstić information content (AvgIpc) is 3.35. The first-order valence-corrected chi connectivity index (χ1v) is 8.12. The average molecular weight is 291 g/mol. The Balaban J connectivity index is 1.61. The van der Waals surface area contributed by atoms with Gasteiger partial charge in [-0.2, -0.15) is 0 Å². The number of benzene rings is 1. The van der Waals surface area contributed by atoms with Crippen LogP contribution >= 0.6 is 0 Å².